The van der Waals surface area contributed by atoms with Crippen molar-refractivity contribution in [2.45, 2.75) is 78.0 Å². The van der Waals surface area contributed by atoms with E-state index >= 15 is 0 Å². The molecule has 2 rings (SSSR count). The lowest BCUT2D eigenvalue weighted by Gasteiger charge is -2.35. The highest BCUT2D eigenvalue weighted by Gasteiger charge is 2.33. The van der Waals surface area contributed by atoms with Crippen molar-refractivity contribution in [3.05, 3.63) is 96.2 Å². The van der Waals surface area contributed by atoms with E-state index in [1.54, 1.807) is 11.0 Å². The van der Waals surface area contributed by atoms with Crippen molar-refractivity contribution in [1.82, 2.24) is 10.2 Å². The Hall–Kier alpha value is -3.32. The summed E-state index contributed by atoms with van der Waals surface area (Å²) < 4.78 is 11.2. The molecule has 2 aromatic carbocycles. The molecular formula is C32H46N2O4Si. The van der Waals surface area contributed by atoms with Gasteiger partial charge in [-0.3, -0.25) is 4.90 Å². The Balaban J connectivity index is 2.22. The topological polar surface area (TPSA) is 67.9 Å². The fraction of sp³-hybridized carbons (Fsp3) is 0.438. The van der Waals surface area contributed by atoms with Crippen LogP contribution in [-0.4, -0.2) is 43.8 Å². The van der Waals surface area contributed by atoms with Crippen LogP contribution in [0.2, 0.25) is 18.1 Å². The monoisotopic (exact) mass is 550 g/mol. The number of ether oxygens (including phenoxy) is 2. The summed E-state index contributed by atoms with van der Waals surface area (Å²) >= 11 is 0. The molecule has 0 saturated heterocycles. The van der Waals surface area contributed by atoms with Crippen LogP contribution < -0.4 is 5.32 Å². The van der Waals surface area contributed by atoms with Crippen LogP contribution >= 0.6 is 0 Å². The molecule has 39 heavy (non-hydrogen) atoms. The summed E-state index contributed by atoms with van der Waals surface area (Å²) in [6, 6.07) is 18.4. The highest BCUT2D eigenvalue weighted by Crippen LogP contribution is 2.37. The molecule has 0 aliphatic carbocycles. The van der Waals surface area contributed by atoms with Gasteiger partial charge in [-0.15, -0.1) is 6.58 Å². The minimum absolute atomic E-state index is 0.0650. The molecule has 0 radical (unpaired) electrons. The first kappa shape index (κ1) is 31.9. The first-order chi connectivity index (χ1) is 18.3. The second-order valence-electron chi connectivity index (χ2n) is 11.7. The molecular weight excluding hydrogens is 504 g/mol. The third-order valence-electron chi connectivity index (χ3n) is 7.57. The number of alkyl carbamates (subject to hydrolysis) is 1. The lowest BCUT2D eigenvalue weighted by Crippen LogP contribution is -2.51. The van der Waals surface area contributed by atoms with Crippen LogP contribution in [0.3, 0.4) is 0 Å². The Bertz CT molecular complexity index is 1080. The average Bonchev–Trinajstić information content (AvgIpc) is 2.91. The maximum Gasteiger partial charge on any atom is 0.410 e. The van der Waals surface area contributed by atoms with E-state index in [0.717, 1.165) is 11.1 Å². The van der Waals surface area contributed by atoms with Gasteiger partial charge in [0.1, 0.15) is 13.2 Å². The predicted octanol–water partition coefficient (Wildman–Crippen LogP) is 7.73. The van der Waals surface area contributed by atoms with Gasteiger partial charge < -0.3 is 14.8 Å². The largest absolute Gasteiger partial charge is 0.445 e. The Kier molecular flexibility index (Phi) is 12.0. The number of carbonyl (C=O) groups is 2. The van der Waals surface area contributed by atoms with Gasteiger partial charge in [0.05, 0.1) is 20.2 Å². The van der Waals surface area contributed by atoms with Gasteiger partial charge in [-0.25, -0.2) is 9.59 Å². The van der Waals surface area contributed by atoms with Gasteiger partial charge in [0.25, 0.3) is 0 Å². The second-order valence-corrected chi connectivity index (χ2v) is 16.9. The molecule has 0 heterocycles. The van der Waals surface area contributed by atoms with Crippen LogP contribution in [0.1, 0.15) is 45.7 Å². The van der Waals surface area contributed by atoms with Gasteiger partial charge in [-0.05, 0) is 29.0 Å². The van der Waals surface area contributed by atoms with Crippen LogP contribution in [-0.2, 0) is 22.7 Å². The van der Waals surface area contributed by atoms with Crippen LogP contribution in [0.5, 0.6) is 0 Å². The van der Waals surface area contributed by atoms with E-state index in [2.05, 4.69) is 64.5 Å². The summed E-state index contributed by atoms with van der Waals surface area (Å²) in [4.78, 5) is 27.7. The number of amides is 2. The minimum atomic E-state index is -1.70. The Morgan fingerprint density at radius 2 is 1.46 bits per heavy atom. The molecule has 0 bridgehead atoms. The summed E-state index contributed by atoms with van der Waals surface area (Å²) in [5.41, 5.74) is 4.14. The van der Waals surface area contributed by atoms with Gasteiger partial charge in [0.2, 0.25) is 0 Å². The highest BCUT2D eigenvalue weighted by atomic mass is 28.3. The van der Waals surface area contributed by atoms with E-state index < -0.39 is 26.3 Å². The normalized spacial score (nSPS) is 14.2. The Morgan fingerprint density at radius 1 is 0.949 bits per heavy atom. The number of hydrogen-bond acceptors (Lipinski definition) is 4. The van der Waals surface area contributed by atoms with Crippen molar-refractivity contribution in [2.75, 3.05) is 6.54 Å². The van der Waals surface area contributed by atoms with E-state index in [1.807, 2.05) is 67.6 Å². The molecule has 7 heteroatoms. The van der Waals surface area contributed by atoms with Crippen molar-refractivity contribution in [3.63, 3.8) is 0 Å². The third-order valence-corrected chi connectivity index (χ3v) is 12.5. The van der Waals surface area contributed by atoms with Crippen molar-refractivity contribution in [3.8, 4) is 0 Å². The molecule has 0 aromatic heterocycles. The van der Waals surface area contributed by atoms with Crippen molar-refractivity contribution < 1.29 is 19.1 Å². The van der Waals surface area contributed by atoms with Crippen molar-refractivity contribution in [1.29, 1.82) is 0 Å². The van der Waals surface area contributed by atoms with E-state index in [0.29, 0.717) is 0 Å². The Labute approximate surface area is 236 Å². The molecule has 0 fully saturated rings. The molecule has 0 aliphatic heterocycles. The van der Waals surface area contributed by atoms with E-state index in [1.165, 1.54) is 0 Å². The van der Waals surface area contributed by atoms with Crippen molar-refractivity contribution in [2.24, 2.45) is 5.92 Å². The van der Waals surface area contributed by atoms with E-state index in [9.17, 15) is 9.59 Å². The summed E-state index contributed by atoms with van der Waals surface area (Å²) in [6.45, 7) is 19.9. The molecule has 0 aliphatic rings. The second kappa shape index (κ2) is 14.7. The zero-order valence-corrected chi connectivity index (χ0v) is 25.6. The SMILES string of the molecule is C=C[C@H](C)N(C[C@@H](NC(=O)OCc1ccccc1)[C@@H](C)/C=C/[Si](C)(C)C(C)(C)C)C(=O)OCc1ccccc1. The maximum atomic E-state index is 13.2. The van der Waals surface area contributed by atoms with Gasteiger partial charge in [0.15, 0.2) is 0 Å². The fourth-order valence-electron chi connectivity index (χ4n) is 3.58. The van der Waals surface area contributed by atoms with Gasteiger partial charge in [-0.2, -0.15) is 0 Å². The van der Waals surface area contributed by atoms with Crippen LogP contribution in [0.15, 0.2) is 85.1 Å². The molecule has 2 aromatic rings. The molecule has 0 spiro atoms. The summed E-state index contributed by atoms with van der Waals surface area (Å²) in [6.07, 6.45) is 2.88. The first-order valence-corrected chi connectivity index (χ1v) is 16.7. The van der Waals surface area contributed by atoms with Crippen LogP contribution in [0.25, 0.3) is 0 Å². The molecule has 0 saturated carbocycles. The zero-order valence-electron chi connectivity index (χ0n) is 24.6. The number of carbonyl (C=O) groups excluding carboxylic acids is 2. The van der Waals surface area contributed by atoms with Gasteiger partial charge in [0, 0.05) is 6.54 Å². The highest BCUT2D eigenvalue weighted by molar-refractivity contribution is 6.84. The number of rotatable bonds is 12. The third kappa shape index (κ3) is 10.4. The maximum absolute atomic E-state index is 13.2. The molecule has 212 valence electrons. The van der Waals surface area contributed by atoms with Gasteiger partial charge >= 0.3 is 12.2 Å². The summed E-state index contributed by atoms with van der Waals surface area (Å²) in [7, 11) is -1.70. The fourth-order valence-corrected chi connectivity index (χ4v) is 4.87. The van der Waals surface area contributed by atoms with Crippen LogP contribution in [0, 0.1) is 5.92 Å². The summed E-state index contributed by atoms with van der Waals surface area (Å²) in [5, 5.41) is 3.21. The molecule has 6 nitrogen and oxygen atoms in total. The quantitative estimate of drug-likeness (QED) is 0.217. The Morgan fingerprint density at radius 3 is 1.95 bits per heavy atom. The van der Waals surface area contributed by atoms with Crippen LogP contribution in [0.4, 0.5) is 9.59 Å². The first-order valence-electron chi connectivity index (χ1n) is 13.6. The van der Waals surface area contributed by atoms with Crippen molar-refractivity contribution >= 4 is 20.3 Å². The molecule has 2 amide bonds. The number of hydrogen-bond donors (Lipinski definition) is 1. The van der Waals surface area contributed by atoms with E-state index in [-0.39, 0.29) is 36.8 Å². The standard InChI is InChI=1S/C32H46N2O4Si/c1-9-26(3)34(31(36)38-24-28-18-14-11-15-19-28)22-29(25(2)20-21-39(7,8)32(4,5)6)33-30(35)37-23-27-16-12-10-13-17-27/h9-21,25-26,29H,1,22-24H2,2-8H3,(H,33,35)/b21-20+/t25-,26-,29+/m0/s1. The zero-order chi connectivity index (χ0) is 29.1. The van der Waals surface area contributed by atoms with E-state index in [4.69, 9.17) is 9.47 Å². The average molecular weight is 551 g/mol. The lowest BCUT2D eigenvalue weighted by molar-refractivity contribution is 0.0811. The number of benzene rings is 2. The lowest BCUT2D eigenvalue weighted by atomic mass is 10.0. The smallest absolute Gasteiger partial charge is 0.410 e. The summed E-state index contributed by atoms with van der Waals surface area (Å²) in [5.74, 6) is -0.0650. The molecule has 3 atom stereocenters. The number of nitrogens with zero attached hydrogens (tertiary/aromatic N) is 1. The van der Waals surface area contributed by atoms with Gasteiger partial charge in [-0.1, -0.05) is 119 Å². The molecule has 1 N–H and O–H groups in total. The minimum Gasteiger partial charge on any atom is -0.445 e. The molecule has 0 unspecified atom stereocenters. The predicted molar refractivity (Wildman–Crippen MR) is 162 cm³/mol. The number of nitrogens with one attached hydrogen (secondary N) is 1.